The van der Waals surface area contributed by atoms with Gasteiger partial charge in [-0.15, -0.1) is 142 Å². The average Bonchev–Trinajstić information content (AvgIpc) is 0.801. The van der Waals surface area contributed by atoms with Crippen LogP contribution >= 0.6 is 0 Å². The molecule has 0 saturated heterocycles. The molecule has 0 spiro atoms. The van der Waals surface area contributed by atoms with Crippen LogP contribution in [0.3, 0.4) is 0 Å². The Kier molecular flexibility index (Phi) is 49.6. The van der Waals surface area contributed by atoms with Gasteiger partial charge in [-0.3, -0.25) is 39.1 Å². The molecule has 0 unspecified atom stereocenters. The number of aryl methyl sites for hydroxylation is 8. The Bertz CT molecular complexity index is 6120. The molecule has 0 amide bonds. The smallest absolute Gasteiger partial charge is 0.159 e. The quantitative estimate of drug-likeness (QED) is 0.0360. The number of hydrogen-bond donors (Lipinski definition) is 4. The van der Waals surface area contributed by atoms with Crippen LogP contribution in [0, 0.1) is 109 Å². The van der Waals surface area contributed by atoms with E-state index in [1.807, 2.05) is 64.1 Å². The Morgan fingerprint density at radius 2 is 0.740 bits per heavy atom. The molecule has 14 aromatic rings. The van der Waals surface area contributed by atoms with Crippen molar-refractivity contribution >= 4 is 66.7 Å². The first-order valence-electron chi connectivity index (χ1n) is 43.1. The van der Waals surface area contributed by atoms with Crippen LogP contribution in [0.15, 0.2) is 272 Å². The van der Waals surface area contributed by atoms with Crippen molar-refractivity contribution in [2.24, 2.45) is 23.7 Å². The van der Waals surface area contributed by atoms with E-state index < -0.39 is 0 Å². The third-order valence-electron chi connectivity index (χ3n) is 19.2. The zero-order valence-corrected chi connectivity index (χ0v) is 88.8. The molecule has 0 aliphatic heterocycles. The van der Waals surface area contributed by atoms with Crippen molar-refractivity contribution in [1.29, 1.82) is 0 Å². The van der Waals surface area contributed by atoms with E-state index in [1.54, 1.807) is 12.1 Å². The van der Waals surface area contributed by atoms with Crippen LogP contribution in [-0.2, 0) is 112 Å². The van der Waals surface area contributed by atoms with Crippen LogP contribution in [0.1, 0.15) is 165 Å². The second kappa shape index (κ2) is 56.8. The van der Waals surface area contributed by atoms with Gasteiger partial charge in [0.2, 0.25) is 0 Å². The number of para-hydroxylation sites is 1. The van der Waals surface area contributed by atoms with Gasteiger partial charge in [0.1, 0.15) is 5.82 Å². The Labute approximate surface area is 830 Å². The number of allylic oxidation sites excluding steroid dienone is 8. The largest absolute Gasteiger partial charge is 0.512 e. The molecular weight excluding hydrogens is 2340 g/mol. The molecule has 4 radical (unpaired) electrons. The number of rotatable bonds is 18. The van der Waals surface area contributed by atoms with Gasteiger partial charge in [0.25, 0.3) is 0 Å². The number of halogens is 1. The summed E-state index contributed by atoms with van der Waals surface area (Å²) in [4.78, 5) is 60.6. The van der Waals surface area contributed by atoms with Crippen LogP contribution in [0.4, 0.5) is 4.39 Å². The zero-order chi connectivity index (χ0) is 93.3. The van der Waals surface area contributed by atoms with Crippen LogP contribution in [-0.4, -0.2) is 63.5 Å². The number of fused-ring (bicyclic) bond motifs is 4. The topological polar surface area (TPSA) is 201 Å². The number of hydrogen-bond acceptors (Lipinski definition) is 12. The maximum Gasteiger partial charge on any atom is 0.159 e. The van der Waals surface area contributed by atoms with Crippen LogP contribution in [0.2, 0.25) is 0 Å². The zero-order valence-electron chi connectivity index (χ0n) is 79.2. The van der Waals surface area contributed by atoms with Crippen molar-refractivity contribution in [1.82, 2.24) is 19.9 Å². The van der Waals surface area contributed by atoms with Gasteiger partial charge in [-0.05, 0) is 210 Å². The summed E-state index contributed by atoms with van der Waals surface area (Å²) in [5, 5.41) is 39.0. The number of carbonyl (C=O) groups excluding carboxylic acids is 4. The molecule has 12 nitrogen and oxygen atoms in total. The molecule has 4 N–H and O–H groups in total. The first-order valence-corrected chi connectivity index (χ1v) is 43.1. The van der Waals surface area contributed by atoms with E-state index >= 15 is 0 Å². The summed E-state index contributed by atoms with van der Waals surface area (Å²) >= 11 is 0. The van der Waals surface area contributed by atoms with Crippen molar-refractivity contribution in [3.63, 3.8) is 0 Å². The minimum Gasteiger partial charge on any atom is -0.512 e. The molecule has 0 aliphatic carbocycles. The van der Waals surface area contributed by atoms with Crippen molar-refractivity contribution < 1.29 is 124 Å². The molecule has 0 bridgehead atoms. The Hall–Kier alpha value is -10.8. The van der Waals surface area contributed by atoms with Gasteiger partial charge in [0, 0.05) is 139 Å². The van der Waals surface area contributed by atoms with Gasteiger partial charge in [-0.25, -0.2) is 4.39 Å². The Balaban J connectivity index is 0.000000400. The van der Waals surface area contributed by atoms with E-state index in [-0.39, 0.29) is 132 Å². The minimum atomic E-state index is -0.215. The summed E-state index contributed by atoms with van der Waals surface area (Å²) in [6, 6.07) is 90.1. The van der Waals surface area contributed by atoms with E-state index in [0.717, 1.165) is 96.5 Å². The van der Waals surface area contributed by atoms with E-state index in [2.05, 4.69) is 282 Å². The minimum absolute atomic E-state index is 0. The second-order valence-electron chi connectivity index (χ2n) is 34.2. The molecule has 0 fully saturated rings. The Morgan fingerprint density at radius 3 is 1.17 bits per heavy atom. The van der Waals surface area contributed by atoms with Crippen molar-refractivity contribution in [2.75, 3.05) is 0 Å². The van der Waals surface area contributed by atoms with Gasteiger partial charge in [0.05, 0.1) is 45.1 Å². The van der Waals surface area contributed by atoms with Crippen LogP contribution in [0.25, 0.3) is 111 Å². The molecule has 4 heterocycles. The molecule has 694 valence electrons. The van der Waals surface area contributed by atoms with E-state index in [0.29, 0.717) is 36.5 Å². The summed E-state index contributed by atoms with van der Waals surface area (Å²) in [7, 11) is 0. The molecular formula is C114H123FIr4N4O8-4. The fraction of sp³-hybridized carbons (Fsp3) is 0.263. The summed E-state index contributed by atoms with van der Waals surface area (Å²) in [6.07, 6.45) is 7.94. The molecule has 0 atom stereocenters. The van der Waals surface area contributed by atoms with E-state index in [4.69, 9.17) is 30.3 Å². The van der Waals surface area contributed by atoms with E-state index in [1.165, 1.54) is 155 Å². The van der Waals surface area contributed by atoms with Gasteiger partial charge >= 0.3 is 0 Å². The van der Waals surface area contributed by atoms with Crippen molar-refractivity contribution in [3.05, 3.63) is 358 Å². The normalized spacial score (nSPS) is 11.0. The number of carbonyl (C=O) groups is 4. The van der Waals surface area contributed by atoms with Crippen LogP contribution < -0.4 is 0 Å². The van der Waals surface area contributed by atoms with Gasteiger partial charge in [-0.2, -0.15) is 0 Å². The number of aromatic nitrogens is 4. The summed E-state index contributed by atoms with van der Waals surface area (Å²) in [5.74, 6) is 1.71. The average molecular weight is 2470 g/mol. The number of aliphatic hydroxyl groups excluding tert-OH is 4. The SMILES string of the molecule is CC(=O)C=C(C)O.CC(=O)C=C(C)O.CC(=O)C=C(C)O.CC(C)CC(=O)C=C(O)CC(C)C.CC(C)Cc1cc(-c2[c-]cccc2)nc2ccc(F)cc12.Cc1[c-]c(-c2cc(CC(C)C)c3ccccc3n2)cc(C)c1.Cc1c[c-]c(-c2cc(-c3ccc(C)cc3)c3cc(C)ccc3n2)cc1.Cc1ccc(-c2cc(-c3[c-]ccc(C)c3)nc3ccc(C)cc23)cc1.[Ir].[Ir].[Ir].[Ir]. The number of nitrogens with zero attached hydrogens (tertiary/aromatic N) is 4. The predicted molar refractivity (Wildman–Crippen MR) is 526 cm³/mol. The maximum atomic E-state index is 13.5. The van der Waals surface area contributed by atoms with Gasteiger partial charge < -0.3 is 20.4 Å². The van der Waals surface area contributed by atoms with Gasteiger partial charge in [0.15, 0.2) is 23.1 Å². The summed E-state index contributed by atoms with van der Waals surface area (Å²) in [5.41, 5.74) is 29.2. The standard InChI is InChI=1S/2C24H20N.C21H22N.C19H17FN.C11H20O2.3C5H8O2.4Ir/c1-16-4-9-19(10-5-16)21-15-24(20-11-6-17(2)7-12-20)25-23-13-8-18(3)14-22(21)23;1-16-7-10-19(11-8-16)21-15-24(20-6-4-5-17(2)13-20)25-23-12-9-18(3)14-22(21)23;1-14(2)9-17-13-21(18-11-15(3)10-16(4)12-18)22-20-8-6-5-7-19(17)20;1-13(2)10-15-11-19(14-6-4-3-5-7-14)21-18-9-8-16(20)12-17(15)18;1-8(2)5-10(12)7-11(13)6-9(3)4;3*1-4(6)3-5(2)7;;;;/h4-11,13-15H,1-3H3;4-5,7-15H,1-3H3;5-8,10-11,13-14H,9H2,1-4H3;3-6,8-9,11-13H,10H2,1-2H3;7-9,12H,5-6H2,1-4H3;3*3,6H,1-2H3;;;;/q4*-1;;;;;;;;. The first kappa shape index (κ1) is 114. The van der Waals surface area contributed by atoms with E-state index in [9.17, 15) is 28.7 Å². The molecule has 0 aliphatic rings. The number of pyridine rings is 4. The molecule has 10 aromatic carbocycles. The molecule has 4 aromatic heterocycles. The fourth-order valence-corrected chi connectivity index (χ4v) is 13.9. The monoisotopic (exact) mass is 2470 g/mol. The fourth-order valence-electron chi connectivity index (χ4n) is 13.9. The molecule has 0 saturated carbocycles. The predicted octanol–water partition coefficient (Wildman–Crippen LogP) is 29.3. The van der Waals surface area contributed by atoms with Crippen molar-refractivity contribution in [3.8, 4) is 67.3 Å². The number of aliphatic hydroxyl groups is 4. The Morgan fingerprint density at radius 1 is 0.344 bits per heavy atom. The van der Waals surface area contributed by atoms with Crippen LogP contribution in [0.5, 0.6) is 0 Å². The number of ketones is 4. The summed E-state index contributed by atoms with van der Waals surface area (Å²) in [6.45, 7) is 42.3. The first-order chi connectivity index (χ1) is 60.1. The third kappa shape index (κ3) is 39.7. The molecule has 17 heteroatoms. The number of benzene rings is 10. The molecule has 14 rings (SSSR count). The second-order valence-corrected chi connectivity index (χ2v) is 34.2. The molecule has 131 heavy (non-hydrogen) atoms. The summed E-state index contributed by atoms with van der Waals surface area (Å²) < 4.78 is 13.5. The maximum absolute atomic E-state index is 13.5. The van der Waals surface area contributed by atoms with Gasteiger partial charge in [-0.1, -0.05) is 208 Å². The van der Waals surface area contributed by atoms with Crippen molar-refractivity contribution in [2.45, 2.75) is 178 Å². The third-order valence-corrected chi connectivity index (χ3v) is 19.2.